The lowest BCUT2D eigenvalue weighted by atomic mass is 9.98. The molecule has 0 saturated heterocycles. The number of rotatable bonds is 7. The van der Waals surface area contributed by atoms with E-state index in [-0.39, 0.29) is 36.6 Å². The van der Waals surface area contributed by atoms with Gasteiger partial charge in [-0.25, -0.2) is 4.98 Å². The van der Waals surface area contributed by atoms with Gasteiger partial charge in [-0.05, 0) is 36.2 Å². The van der Waals surface area contributed by atoms with E-state index in [1.807, 2.05) is 50.2 Å². The minimum Gasteiger partial charge on any atom is -0.374 e. The first-order chi connectivity index (χ1) is 15.2. The summed E-state index contributed by atoms with van der Waals surface area (Å²) in [5, 5.41) is 19.0. The van der Waals surface area contributed by atoms with Gasteiger partial charge in [0, 0.05) is 39.0 Å². The molecule has 0 radical (unpaired) electrons. The van der Waals surface area contributed by atoms with E-state index in [2.05, 4.69) is 26.7 Å². The van der Waals surface area contributed by atoms with Crippen molar-refractivity contribution in [2.24, 2.45) is 12.0 Å². The fourth-order valence-corrected chi connectivity index (χ4v) is 3.56. The van der Waals surface area contributed by atoms with E-state index in [0.717, 1.165) is 16.3 Å². The van der Waals surface area contributed by atoms with Gasteiger partial charge in [0.25, 0.3) is 0 Å². The van der Waals surface area contributed by atoms with E-state index in [4.69, 9.17) is 0 Å². The molecule has 0 aliphatic rings. The third-order valence-electron chi connectivity index (χ3n) is 5.37. The SMILES string of the molecule is CCNC(=NCCC(O)(c1nccn1C)C(F)(F)F)NC(C)c1ccc2ccccc2c1.I. The zero-order chi connectivity index (χ0) is 23.4. The molecule has 2 aromatic carbocycles. The fraction of sp³-hybridized carbons (Fsp3) is 0.391. The number of aromatic nitrogens is 2. The lowest BCUT2D eigenvalue weighted by Gasteiger charge is -2.29. The lowest BCUT2D eigenvalue weighted by Crippen LogP contribution is -2.45. The minimum atomic E-state index is -4.88. The van der Waals surface area contributed by atoms with Crippen molar-refractivity contribution in [2.45, 2.75) is 38.1 Å². The number of alkyl halides is 3. The molecular formula is C23H29F3IN5O. The summed E-state index contributed by atoms with van der Waals surface area (Å²) in [7, 11) is 1.42. The molecule has 3 N–H and O–H groups in total. The molecule has 0 aliphatic carbocycles. The number of aryl methyl sites for hydroxylation is 1. The third kappa shape index (κ3) is 6.17. The summed E-state index contributed by atoms with van der Waals surface area (Å²) in [5.41, 5.74) is -2.06. The molecule has 33 heavy (non-hydrogen) atoms. The van der Waals surface area contributed by atoms with Crippen LogP contribution in [0, 0.1) is 0 Å². The second-order valence-corrected chi connectivity index (χ2v) is 7.70. The van der Waals surface area contributed by atoms with Crippen LogP contribution in [-0.4, -0.2) is 39.9 Å². The molecule has 10 heteroatoms. The Morgan fingerprint density at radius 1 is 1.18 bits per heavy atom. The Balaban J connectivity index is 0.00000385. The van der Waals surface area contributed by atoms with E-state index in [1.54, 1.807) is 0 Å². The largest absolute Gasteiger partial charge is 0.424 e. The predicted molar refractivity (Wildman–Crippen MR) is 135 cm³/mol. The molecule has 0 spiro atoms. The number of nitrogens with zero attached hydrogens (tertiary/aromatic N) is 3. The van der Waals surface area contributed by atoms with E-state index >= 15 is 0 Å². The van der Waals surface area contributed by atoms with Crippen LogP contribution in [0.5, 0.6) is 0 Å². The van der Waals surface area contributed by atoms with E-state index < -0.39 is 24.0 Å². The molecule has 2 unspecified atom stereocenters. The van der Waals surface area contributed by atoms with Crippen molar-refractivity contribution >= 4 is 40.7 Å². The smallest absolute Gasteiger partial charge is 0.374 e. The Hall–Kier alpha value is -2.34. The first-order valence-electron chi connectivity index (χ1n) is 10.5. The molecule has 0 amide bonds. The highest BCUT2D eigenvalue weighted by molar-refractivity contribution is 14.0. The second-order valence-electron chi connectivity index (χ2n) is 7.70. The first kappa shape index (κ1) is 26.9. The molecule has 3 aromatic rings. The number of halogens is 4. The molecule has 1 heterocycles. The van der Waals surface area contributed by atoms with E-state index in [0.29, 0.717) is 12.5 Å². The zero-order valence-corrected chi connectivity index (χ0v) is 21.1. The van der Waals surface area contributed by atoms with Gasteiger partial charge < -0.3 is 20.3 Å². The van der Waals surface area contributed by atoms with Crippen LogP contribution in [0.4, 0.5) is 13.2 Å². The maximum atomic E-state index is 13.7. The van der Waals surface area contributed by atoms with Crippen molar-refractivity contribution in [2.75, 3.05) is 13.1 Å². The van der Waals surface area contributed by atoms with Crippen LogP contribution >= 0.6 is 24.0 Å². The Kier molecular flexibility index (Phi) is 9.12. The lowest BCUT2D eigenvalue weighted by molar-refractivity contribution is -0.272. The van der Waals surface area contributed by atoms with Crippen molar-refractivity contribution in [3.63, 3.8) is 0 Å². The number of hydrogen-bond donors (Lipinski definition) is 3. The van der Waals surface area contributed by atoms with Crippen LogP contribution < -0.4 is 10.6 Å². The maximum absolute atomic E-state index is 13.7. The van der Waals surface area contributed by atoms with Crippen LogP contribution in [-0.2, 0) is 12.6 Å². The summed E-state index contributed by atoms with van der Waals surface area (Å²) < 4.78 is 42.3. The van der Waals surface area contributed by atoms with Gasteiger partial charge in [-0.15, -0.1) is 24.0 Å². The summed E-state index contributed by atoms with van der Waals surface area (Å²) in [6.45, 7) is 4.12. The normalized spacial score (nSPS) is 14.9. The summed E-state index contributed by atoms with van der Waals surface area (Å²) in [5.74, 6) is -0.0831. The van der Waals surface area contributed by atoms with Crippen molar-refractivity contribution in [1.82, 2.24) is 20.2 Å². The molecule has 1 aromatic heterocycles. The molecule has 3 rings (SSSR count). The molecular weight excluding hydrogens is 546 g/mol. The summed E-state index contributed by atoms with van der Waals surface area (Å²) in [4.78, 5) is 7.99. The summed E-state index contributed by atoms with van der Waals surface area (Å²) in [6, 6.07) is 14.0. The Labute approximate surface area is 208 Å². The van der Waals surface area contributed by atoms with Crippen molar-refractivity contribution in [1.29, 1.82) is 0 Å². The van der Waals surface area contributed by atoms with E-state index in [9.17, 15) is 18.3 Å². The third-order valence-corrected chi connectivity index (χ3v) is 5.37. The van der Waals surface area contributed by atoms with Crippen LogP contribution in [0.15, 0.2) is 59.9 Å². The van der Waals surface area contributed by atoms with E-state index in [1.165, 1.54) is 24.0 Å². The molecule has 0 aliphatic heterocycles. The van der Waals surface area contributed by atoms with Crippen LogP contribution in [0.2, 0.25) is 0 Å². The van der Waals surface area contributed by atoms with Crippen LogP contribution in [0.1, 0.15) is 37.7 Å². The number of guanidine groups is 1. The van der Waals surface area contributed by atoms with Crippen molar-refractivity contribution in [3.8, 4) is 0 Å². The monoisotopic (exact) mass is 575 g/mol. The molecule has 0 fully saturated rings. The van der Waals surface area contributed by atoms with Crippen LogP contribution in [0.3, 0.4) is 0 Å². The average Bonchev–Trinajstić information content (AvgIpc) is 3.19. The summed E-state index contributed by atoms with van der Waals surface area (Å²) in [6.07, 6.45) is -2.94. The number of aliphatic imine (C=N–C) groups is 1. The highest BCUT2D eigenvalue weighted by Gasteiger charge is 2.57. The molecule has 180 valence electrons. The number of benzene rings is 2. The van der Waals surface area contributed by atoms with Gasteiger partial charge in [-0.1, -0.05) is 36.4 Å². The Morgan fingerprint density at radius 3 is 2.48 bits per heavy atom. The van der Waals surface area contributed by atoms with Gasteiger partial charge >= 0.3 is 6.18 Å². The number of nitrogens with one attached hydrogen (secondary N) is 2. The molecule has 6 nitrogen and oxygen atoms in total. The zero-order valence-electron chi connectivity index (χ0n) is 18.7. The topological polar surface area (TPSA) is 74.5 Å². The van der Waals surface area contributed by atoms with Gasteiger partial charge in [0.05, 0.1) is 6.04 Å². The van der Waals surface area contributed by atoms with Gasteiger partial charge in [0.1, 0.15) is 5.82 Å². The average molecular weight is 575 g/mol. The number of fused-ring (bicyclic) bond motifs is 1. The fourth-order valence-electron chi connectivity index (χ4n) is 3.56. The van der Waals surface area contributed by atoms with Gasteiger partial charge in [-0.3, -0.25) is 4.99 Å². The highest BCUT2D eigenvalue weighted by atomic mass is 127. The number of imidazole rings is 1. The van der Waals surface area contributed by atoms with Crippen molar-refractivity contribution in [3.05, 3.63) is 66.2 Å². The standard InChI is InChI=1S/C23H28F3N5O.HI/c1-4-27-21(30-16(2)18-10-9-17-7-5-6-8-19(17)15-18)29-12-11-22(32,23(24,25)26)20-28-13-14-31(20)3;/h5-10,13-16,32H,4,11-12H2,1-3H3,(H2,27,29,30);1H. The number of aliphatic hydroxyl groups is 1. The Morgan fingerprint density at radius 2 is 1.88 bits per heavy atom. The molecule has 2 atom stereocenters. The van der Waals surface area contributed by atoms with Crippen molar-refractivity contribution < 1.29 is 18.3 Å². The quantitative estimate of drug-likeness (QED) is 0.218. The predicted octanol–water partition coefficient (Wildman–Crippen LogP) is 4.65. The van der Waals surface area contributed by atoms with Crippen LogP contribution in [0.25, 0.3) is 10.8 Å². The highest BCUT2D eigenvalue weighted by Crippen LogP contribution is 2.40. The van der Waals surface area contributed by atoms with Gasteiger partial charge in [0.2, 0.25) is 5.60 Å². The second kappa shape index (κ2) is 11.2. The minimum absolute atomic E-state index is 0. The maximum Gasteiger partial charge on any atom is 0.424 e. The molecule has 0 saturated carbocycles. The Bertz CT molecular complexity index is 1090. The molecule has 0 bridgehead atoms. The van der Waals surface area contributed by atoms with Gasteiger partial charge in [0.15, 0.2) is 5.96 Å². The summed E-state index contributed by atoms with van der Waals surface area (Å²) >= 11 is 0. The van der Waals surface area contributed by atoms with Gasteiger partial charge in [-0.2, -0.15) is 13.2 Å². The first-order valence-corrected chi connectivity index (χ1v) is 10.5. The number of hydrogen-bond acceptors (Lipinski definition) is 3.